The van der Waals surface area contributed by atoms with Crippen LogP contribution in [0.4, 0.5) is 0 Å². The van der Waals surface area contributed by atoms with Gasteiger partial charge in [0.05, 0.1) is 24.5 Å². The smallest absolute Gasteiger partial charge is 0.259 e. The van der Waals surface area contributed by atoms with Gasteiger partial charge in [0.1, 0.15) is 24.6 Å². The quantitative estimate of drug-likeness (QED) is 0.491. The third kappa shape index (κ3) is 2.41. The Bertz CT molecular complexity index is 1000. The number of nitrogens with zero attached hydrogens (tertiary/aromatic N) is 5. The molecule has 3 aromatic rings. The lowest BCUT2D eigenvalue weighted by Crippen LogP contribution is -2.33. The van der Waals surface area contributed by atoms with Crippen molar-refractivity contribution >= 4 is 28.4 Å². The first-order valence-corrected chi connectivity index (χ1v) is 8.01. The first-order chi connectivity index (χ1) is 12.0. The Labute approximate surface area is 144 Å². The molecule has 132 valence electrons. The van der Waals surface area contributed by atoms with Gasteiger partial charge in [0.25, 0.3) is 5.56 Å². The Balaban J connectivity index is 1.89. The van der Waals surface area contributed by atoms with Crippen molar-refractivity contribution in [2.45, 2.75) is 30.4 Å². The lowest BCUT2D eigenvalue weighted by Gasteiger charge is -2.16. The van der Waals surface area contributed by atoms with Crippen LogP contribution < -0.4 is 5.56 Å². The van der Waals surface area contributed by atoms with Gasteiger partial charge in [-0.15, -0.1) is 11.6 Å². The lowest BCUT2D eigenvalue weighted by atomic mass is 10.1. The number of halogens is 1. The molecule has 1 saturated heterocycles. The molecule has 0 aliphatic carbocycles. The fourth-order valence-electron chi connectivity index (χ4n) is 2.93. The highest BCUT2D eigenvalue weighted by molar-refractivity contribution is 6.16. The van der Waals surface area contributed by atoms with E-state index in [1.807, 2.05) is 0 Å². The summed E-state index contributed by atoms with van der Waals surface area (Å²) in [5.41, 5.74) is 0.982. The average molecular weight is 368 g/mol. The number of fused-ring (bicyclic) bond motifs is 3. The number of hydrogen-bond acceptors (Lipinski definition) is 8. The van der Waals surface area contributed by atoms with Gasteiger partial charge in [0, 0.05) is 6.07 Å². The third-order valence-corrected chi connectivity index (χ3v) is 4.48. The van der Waals surface area contributed by atoms with Crippen LogP contribution in [0.5, 0.6) is 0 Å². The summed E-state index contributed by atoms with van der Waals surface area (Å²) in [5, 5.41) is 29.3. The number of aliphatic hydroxyl groups is 3. The van der Waals surface area contributed by atoms with Crippen molar-refractivity contribution in [2.75, 3.05) is 6.61 Å². The molecule has 1 aliphatic rings. The van der Waals surface area contributed by atoms with Gasteiger partial charge in [-0.05, 0) is 0 Å². The zero-order chi connectivity index (χ0) is 17.7. The van der Waals surface area contributed by atoms with Gasteiger partial charge in [0.2, 0.25) is 0 Å². The van der Waals surface area contributed by atoms with Crippen molar-refractivity contribution in [3.8, 4) is 0 Å². The lowest BCUT2D eigenvalue weighted by molar-refractivity contribution is -0.0511. The zero-order valence-electron chi connectivity index (χ0n) is 12.7. The van der Waals surface area contributed by atoms with E-state index >= 15 is 0 Å². The second-order valence-electron chi connectivity index (χ2n) is 5.71. The van der Waals surface area contributed by atoms with Gasteiger partial charge >= 0.3 is 0 Å². The maximum atomic E-state index is 12.1. The second kappa shape index (κ2) is 6.00. The summed E-state index contributed by atoms with van der Waals surface area (Å²) in [6, 6.07) is 1.32. The molecule has 1 fully saturated rings. The number of rotatable bonds is 3. The van der Waals surface area contributed by atoms with Crippen LogP contribution in [-0.4, -0.2) is 64.2 Å². The van der Waals surface area contributed by atoms with Crippen molar-refractivity contribution < 1.29 is 20.1 Å². The molecule has 4 atom stereocenters. The van der Waals surface area contributed by atoms with E-state index in [0.717, 1.165) is 0 Å². The molecule has 3 N–H and O–H groups in total. The van der Waals surface area contributed by atoms with Crippen molar-refractivity contribution in [3.05, 3.63) is 34.8 Å². The van der Waals surface area contributed by atoms with Crippen LogP contribution in [0.1, 0.15) is 11.9 Å². The van der Waals surface area contributed by atoms with Crippen molar-refractivity contribution in [1.29, 1.82) is 0 Å². The minimum Gasteiger partial charge on any atom is -0.394 e. The van der Waals surface area contributed by atoms with Crippen LogP contribution in [0.25, 0.3) is 16.8 Å². The summed E-state index contributed by atoms with van der Waals surface area (Å²) >= 11 is 5.77. The van der Waals surface area contributed by atoms with E-state index in [4.69, 9.17) is 16.3 Å². The van der Waals surface area contributed by atoms with Crippen LogP contribution in [0.2, 0.25) is 0 Å². The molecule has 10 nitrogen and oxygen atoms in total. The highest BCUT2D eigenvalue weighted by Gasteiger charge is 2.44. The molecule has 0 aromatic carbocycles. The predicted octanol–water partition coefficient (Wildman–Crippen LogP) is -1.21. The standard InChI is InChI=1S/C14H14ClN5O5/c15-2-6-1-8(22)19-5-17-12-9(13(19)18-6)16-4-20(12)14-11(24)10(23)7(3-21)25-14/h1,4-5,7,10-11,14,21,23-24H,2-3H2/t7-,10+,11-,14+/m0/s1. The molecular weight excluding hydrogens is 354 g/mol. The van der Waals surface area contributed by atoms with Crippen LogP contribution in [0, 0.1) is 0 Å². The summed E-state index contributed by atoms with van der Waals surface area (Å²) in [6.45, 7) is -0.437. The van der Waals surface area contributed by atoms with Crippen LogP contribution in [0.3, 0.4) is 0 Å². The van der Waals surface area contributed by atoms with Gasteiger partial charge in [-0.2, -0.15) is 0 Å². The fraction of sp³-hybridized carbons (Fsp3) is 0.429. The van der Waals surface area contributed by atoms with Crippen molar-refractivity contribution in [3.63, 3.8) is 0 Å². The number of ether oxygens (including phenoxy) is 1. The molecule has 0 amide bonds. The molecule has 4 rings (SSSR count). The van der Waals surface area contributed by atoms with Crippen molar-refractivity contribution in [1.82, 2.24) is 23.9 Å². The monoisotopic (exact) mass is 367 g/mol. The van der Waals surface area contributed by atoms with E-state index in [0.29, 0.717) is 16.9 Å². The Morgan fingerprint density at radius 1 is 1.20 bits per heavy atom. The van der Waals surface area contributed by atoms with E-state index < -0.39 is 31.1 Å². The van der Waals surface area contributed by atoms with Gasteiger partial charge in [0.15, 0.2) is 23.0 Å². The average Bonchev–Trinajstić information content (AvgIpc) is 3.16. The van der Waals surface area contributed by atoms with E-state index in [2.05, 4.69) is 15.0 Å². The highest BCUT2D eigenvalue weighted by atomic mass is 35.5. The normalized spacial score (nSPS) is 26.7. The predicted molar refractivity (Wildman–Crippen MR) is 85.1 cm³/mol. The zero-order valence-corrected chi connectivity index (χ0v) is 13.5. The molecule has 0 radical (unpaired) electrons. The molecule has 0 saturated carbocycles. The highest BCUT2D eigenvalue weighted by Crippen LogP contribution is 2.31. The van der Waals surface area contributed by atoms with Crippen LogP contribution >= 0.6 is 11.6 Å². The minimum absolute atomic E-state index is 0.0745. The van der Waals surface area contributed by atoms with Gasteiger partial charge in [-0.3, -0.25) is 9.36 Å². The van der Waals surface area contributed by atoms with E-state index in [1.54, 1.807) is 0 Å². The molecule has 1 aliphatic heterocycles. The van der Waals surface area contributed by atoms with Gasteiger partial charge in [-0.1, -0.05) is 0 Å². The topological polar surface area (TPSA) is 135 Å². The molecule has 4 heterocycles. The van der Waals surface area contributed by atoms with E-state index in [9.17, 15) is 20.1 Å². The maximum absolute atomic E-state index is 12.1. The minimum atomic E-state index is -1.27. The molecule has 0 spiro atoms. The first-order valence-electron chi connectivity index (χ1n) is 7.47. The Morgan fingerprint density at radius 3 is 2.68 bits per heavy atom. The van der Waals surface area contributed by atoms with Crippen molar-refractivity contribution in [2.24, 2.45) is 0 Å². The molecule has 0 unspecified atom stereocenters. The Hall–Kier alpha value is -2.11. The largest absolute Gasteiger partial charge is 0.394 e. The number of aliphatic hydroxyl groups excluding tert-OH is 3. The number of imidazole rings is 1. The van der Waals surface area contributed by atoms with Gasteiger partial charge < -0.3 is 20.1 Å². The maximum Gasteiger partial charge on any atom is 0.259 e. The summed E-state index contributed by atoms with van der Waals surface area (Å²) in [6.07, 6.45) is -1.73. The first kappa shape index (κ1) is 16.4. The number of aromatic nitrogens is 5. The Kier molecular flexibility index (Phi) is 3.93. The summed E-state index contributed by atoms with van der Waals surface area (Å²) < 4.78 is 8.16. The molecule has 0 bridgehead atoms. The summed E-state index contributed by atoms with van der Waals surface area (Å²) in [4.78, 5) is 24.8. The SMILES string of the molecule is O=c1cc(CCl)nc2c3ncn([C@@H]4O[C@@H](CO)[C@@H](O)[C@@H]4O)c3ncn12. The van der Waals surface area contributed by atoms with Crippen LogP contribution in [-0.2, 0) is 10.6 Å². The molecular formula is C14H14ClN5O5. The molecule has 25 heavy (non-hydrogen) atoms. The number of alkyl halides is 1. The molecule has 3 aromatic heterocycles. The summed E-state index contributed by atoms with van der Waals surface area (Å²) in [5.74, 6) is 0.0745. The fourth-order valence-corrected chi connectivity index (χ4v) is 3.07. The number of hydrogen-bond donors (Lipinski definition) is 3. The van der Waals surface area contributed by atoms with Gasteiger partial charge in [-0.25, -0.2) is 19.4 Å². The second-order valence-corrected chi connectivity index (χ2v) is 5.98. The third-order valence-electron chi connectivity index (χ3n) is 4.21. The summed E-state index contributed by atoms with van der Waals surface area (Å²) in [7, 11) is 0. The van der Waals surface area contributed by atoms with Crippen LogP contribution in [0.15, 0.2) is 23.5 Å². The Morgan fingerprint density at radius 2 is 2.00 bits per heavy atom. The van der Waals surface area contributed by atoms with E-state index in [1.165, 1.54) is 27.7 Å². The van der Waals surface area contributed by atoms with E-state index in [-0.39, 0.29) is 17.1 Å². The molecule has 11 heteroatoms.